The van der Waals surface area contributed by atoms with Crippen LogP contribution in [0.25, 0.3) is 0 Å². The lowest BCUT2D eigenvalue weighted by Gasteiger charge is -2.16. The lowest BCUT2D eigenvalue weighted by atomic mass is 9.96. The standard InChI is InChI=1S/C15H19BrO2S/c1-4-18-14(17)15(7-8-15)11-5-6-13(12(16)9-11)19-10(2)3/h5-6,9-10H,4,7-8H2,1-3H3. The van der Waals surface area contributed by atoms with Crippen molar-refractivity contribution in [3.8, 4) is 0 Å². The van der Waals surface area contributed by atoms with E-state index < -0.39 is 0 Å². The molecule has 2 nitrogen and oxygen atoms in total. The maximum absolute atomic E-state index is 12.1. The Balaban J connectivity index is 2.23. The highest BCUT2D eigenvalue weighted by Gasteiger charge is 2.52. The third kappa shape index (κ3) is 3.16. The maximum atomic E-state index is 12.1. The molecule has 0 heterocycles. The van der Waals surface area contributed by atoms with Crippen LogP contribution in [0, 0.1) is 0 Å². The largest absolute Gasteiger partial charge is 0.465 e. The third-order valence-electron chi connectivity index (χ3n) is 3.26. The van der Waals surface area contributed by atoms with Crippen molar-refractivity contribution in [3.63, 3.8) is 0 Å². The van der Waals surface area contributed by atoms with Crippen LogP contribution in [0.1, 0.15) is 39.2 Å². The first-order valence-corrected chi connectivity index (χ1v) is 8.31. The molecule has 19 heavy (non-hydrogen) atoms. The summed E-state index contributed by atoms with van der Waals surface area (Å²) in [5.74, 6) is -0.0776. The Hall–Kier alpha value is -0.480. The molecule has 0 radical (unpaired) electrons. The molecule has 0 aromatic heterocycles. The number of hydrogen-bond donors (Lipinski definition) is 0. The molecule has 4 heteroatoms. The molecule has 104 valence electrons. The molecule has 1 aromatic carbocycles. The number of halogens is 1. The number of thioether (sulfide) groups is 1. The number of carbonyl (C=O) groups excluding carboxylic acids is 1. The Morgan fingerprint density at radius 1 is 1.47 bits per heavy atom. The molecule has 0 N–H and O–H groups in total. The molecule has 2 rings (SSSR count). The van der Waals surface area contributed by atoms with Gasteiger partial charge in [-0.05, 0) is 53.4 Å². The molecule has 0 amide bonds. The van der Waals surface area contributed by atoms with Crippen molar-refractivity contribution in [2.24, 2.45) is 0 Å². The third-order valence-corrected chi connectivity index (χ3v) is 5.26. The number of rotatable bonds is 5. The van der Waals surface area contributed by atoms with Crippen LogP contribution in [0.15, 0.2) is 27.6 Å². The quantitative estimate of drug-likeness (QED) is 0.580. The summed E-state index contributed by atoms with van der Waals surface area (Å²) in [6.07, 6.45) is 1.80. The number of esters is 1. The number of carbonyl (C=O) groups is 1. The molecule has 1 saturated carbocycles. The van der Waals surface area contributed by atoms with E-state index >= 15 is 0 Å². The predicted molar refractivity (Wildman–Crippen MR) is 82.7 cm³/mol. The van der Waals surface area contributed by atoms with Crippen LogP contribution in [0.4, 0.5) is 0 Å². The molecule has 0 aliphatic heterocycles. The summed E-state index contributed by atoms with van der Waals surface area (Å²) >= 11 is 5.43. The van der Waals surface area contributed by atoms with Crippen LogP contribution in [-0.2, 0) is 14.9 Å². The highest BCUT2D eigenvalue weighted by atomic mass is 79.9. The van der Waals surface area contributed by atoms with Gasteiger partial charge in [-0.1, -0.05) is 19.9 Å². The average molecular weight is 343 g/mol. The lowest BCUT2D eigenvalue weighted by molar-refractivity contribution is -0.146. The van der Waals surface area contributed by atoms with E-state index in [1.165, 1.54) is 4.90 Å². The minimum Gasteiger partial charge on any atom is -0.465 e. The van der Waals surface area contributed by atoms with Gasteiger partial charge in [0.2, 0.25) is 0 Å². The van der Waals surface area contributed by atoms with Crippen LogP contribution >= 0.6 is 27.7 Å². The van der Waals surface area contributed by atoms with Gasteiger partial charge in [0, 0.05) is 14.6 Å². The maximum Gasteiger partial charge on any atom is 0.316 e. The monoisotopic (exact) mass is 342 g/mol. The van der Waals surface area contributed by atoms with E-state index in [2.05, 4.69) is 48.0 Å². The molecule has 1 aliphatic carbocycles. The Morgan fingerprint density at radius 3 is 2.63 bits per heavy atom. The minimum absolute atomic E-state index is 0.0776. The topological polar surface area (TPSA) is 26.3 Å². The number of benzene rings is 1. The second-order valence-corrected chi connectivity index (χ2v) is 7.59. The van der Waals surface area contributed by atoms with Gasteiger partial charge in [0.25, 0.3) is 0 Å². The van der Waals surface area contributed by atoms with Crippen molar-refractivity contribution in [1.82, 2.24) is 0 Å². The summed E-state index contributed by atoms with van der Waals surface area (Å²) < 4.78 is 6.27. The zero-order valence-electron chi connectivity index (χ0n) is 11.5. The van der Waals surface area contributed by atoms with Gasteiger partial charge < -0.3 is 4.74 Å². The van der Waals surface area contributed by atoms with E-state index in [0.29, 0.717) is 11.9 Å². The zero-order valence-corrected chi connectivity index (χ0v) is 13.9. The van der Waals surface area contributed by atoms with Crippen molar-refractivity contribution in [2.75, 3.05) is 6.61 Å². The van der Waals surface area contributed by atoms with Gasteiger partial charge in [-0.2, -0.15) is 0 Å². The van der Waals surface area contributed by atoms with Crippen LogP contribution in [-0.4, -0.2) is 17.8 Å². The summed E-state index contributed by atoms with van der Waals surface area (Å²) in [5.41, 5.74) is 0.699. The molecule has 0 spiro atoms. The van der Waals surface area contributed by atoms with E-state index in [0.717, 1.165) is 22.9 Å². The molecule has 0 unspecified atom stereocenters. The normalized spacial score (nSPS) is 16.5. The first kappa shape index (κ1) is 14.9. The Kier molecular flexibility index (Phi) is 4.62. The lowest BCUT2D eigenvalue weighted by Crippen LogP contribution is -2.23. The zero-order chi connectivity index (χ0) is 14.0. The molecule has 0 atom stereocenters. The van der Waals surface area contributed by atoms with Crippen molar-refractivity contribution in [3.05, 3.63) is 28.2 Å². The highest BCUT2D eigenvalue weighted by Crippen LogP contribution is 2.50. The molecular weight excluding hydrogens is 324 g/mol. The predicted octanol–water partition coefficient (Wildman–Crippen LogP) is 4.54. The summed E-state index contributed by atoms with van der Waals surface area (Å²) in [5, 5.41) is 0.544. The fourth-order valence-corrected chi connectivity index (χ4v) is 3.64. The van der Waals surface area contributed by atoms with E-state index in [1.54, 1.807) is 0 Å². The summed E-state index contributed by atoms with van der Waals surface area (Å²) in [6.45, 7) is 6.65. The Labute approximate surface area is 127 Å². The van der Waals surface area contributed by atoms with Gasteiger partial charge in [-0.3, -0.25) is 4.79 Å². The SMILES string of the molecule is CCOC(=O)C1(c2ccc(SC(C)C)c(Br)c2)CC1. The summed E-state index contributed by atoms with van der Waals surface area (Å²) in [6, 6.07) is 6.25. The number of ether oxygens (including phenoxy) is 1. The minimum atomic E-state index is -0.375. The van der Waals surface area contributed by atoms with E-state index in [1.807, 2.05) is 18.7 Å². The Morgan fingerprint density at radius 2 is 2.16 bits per heavy atom. The molecule has 0 bridgehead atoms. The molecule has 1 fully saturated rings. The highest BCUT2D eigenvalue weighted by molar-refractivity contribution is 9.10. The summed E-state index contributed by atoms with van der Waals surface area (Å²) in [4.78, 5) is 13.3. The summed E-state index contributed by atoms with van der Waals surface area (Å²) in [7, 11) is 0. The van der Waals surface area contributed by atoms with Crippen LogP contribution < -0.4 is 0 Å². The number of hydrogen-bond acceptors (Lipinski definition) is 3. The van der Waals surface area contributed by atoms with Gasteiger partial charge in [-0.15, -0.1) is 11.8 Å². The molecule has 1 aliphatic rings. The van der Waals surface area contributed by atoms with Gasteiger partial charge in [-0.25, -0.2) is 0 Å². The fraction of sp³-hybridized carbons (Fsp3) is 0.533. The van der Waals surface area contributed by atoms with E-state index in [4.69, 9.17) is 4.74 Å². The second kappa shape index (κ2) is 5.88. The second-order valence-electron chi connectivity index (χ2n) is 5.11. The van der Waals surface area contributed by atoms with E-state index in [9.17, 15) is 4.79 Å². The van der Waals surface area contributed by atoms with Crippen molar-refractivity contribution in [1.29, 1.82) is 0 Å². The van der Waals surface area contributed by atoms with E-state index in [-0.39, 0.29) is 11.4 Å². The van der Waals surface area contributed by atoms with Gasteiger partial charge in [0.05, 0.1) is 12.0 Å². The van der Waals surface area contributed by atoms with Crippen LogP contribution in [0.2, 0.25) is 0 Å². The van der Waals surface area contributed by atoms with Gasteiger partial charge >= 0.3 is 5.97 Å². The van der Waals surface area contributed by atoms with Gasteiger partial charge in [0.1, 0.15) is 0 Å². The van der Waals surface area contributed by atoms with Crippen molar-refractivity contribution < 1.29 is 9.53 Å². The molecule has 1 aromatic rings. The molecule has 0 saturated heterocycles. The van der Waals surface area contributed by atoms with Crippen molar-refractivity contribution in [2.45, 2.75) is 49.2 Å². The Bertz CT molecular complexity index is 481. The van der Waals surface area contributed by atoms with Crippen LogP contribution in [0.3, 0.4) is 0 Å². The molecular formula is C15H19BrO2S. The van der Waals surface area contributed by atoms with Crippen molar-refractivity contribution >= 4 is 33.7 Å². The average Bonchev–Trinajstić information content (AvgIpc) is 3.13. The van der Waals surface area contributed by atoms with Gasteiger partial charge in [0.15, 0.2) is 0 Å². The first-order valence-electron chi connectivity index (χ1n) is 6.63. The fourth-order valence-electron chi connectivity index (χ4n) is 2.15. The van der Waals surface area contributed by atoms with Crippen LogP contribution in [0.5, 0.6) is 0 Å². The first-order chi connectivity index (χ1) is 8.99. The smallest absolute Gasteiger partial charge is 0.316 e.